The molecule has 30 heavy (non-hydrogen) atoms. The first kappa shape index (κ1) is 20.3. The Labute approximate surface area is 181 Å². The van der Waals surface area contributed by atoms with Crippen molar-refractivity contribution in [3.63, 3.8) is 0 Å². The number of nitriles is 1. The van der Waals surface area contributed by atoms with Crippen molar-refractivity contribution in [3.8, 4) is 6.07 Å². The molecule has 152 valence electrons. The van der Waals surface area contributed by atoms with Crippen LogP contribution in [-0.2, 0) is 20.1 Å². The molecule has 1 N–H and O–H groups in total. The van der Waals surface area contributed by atoms with E-state index in [1.165, 1.54) is 23.1 Å². The van der Waals surface area contributed by atoms with Crippen LogP contribution in [0.25, 0.3) is 0 Å². The van der Waals surface area contributed by atoms with Gasteiger partial charge in [-0.25, -0.2) is 0 Å². The van der Waals surface area contributed by atoms with Crippen LogP contribution in [0, 0.1) is 23.2 Å². The smallest absolute Gasteiger partial charge is 0.246 e. The van der Waals surface area contributed by atoms with Crippen LogP contribution in [-0.4, -0.2) is 39.4 Å². The van der Waals surface area contributed by atoms with Crippen LogP contribution in [0.4, 0.5) is 5.13 Å². The van der Waals surface area contributed by atoms with Gasteiger partial charge in [-0.05, 0) is 30.5 Å². The number of hydrogen-bond donors (Lipinski definition) is 1. The number of aromatic nitrogens is 2. The topological polar surface area (TPSA) is 116 Å². The molecular formula is C20H17N5O3S2. The maximum atomic E-state index is 12.4. The molecule has 2 aromatic rings. The Kier molecular flexibility index (Phi) is 5.92. The average molecular weight is 440 g/mol. The highest BCUT2D eigenvalue weighted by Gasteiger charge is 2.47. The summed E-state index contributed by atoms with van der Waals surface area (Å²) in [5.41, 5.74) is 1.65. The summed E-state index contributed by atoms with van der Waals surface area (Å²) in [6.07, 6.45) is 4.91. The van der Waals surface area contributed by atoms with Gasteiger partial charge in [-0.1, -0.05) is 47.4 Å². The number of carbonyl (C=O) groups is 3. The normalized spacial score (nSPS) is 20.2. The third-order valence-corrected chi connectivity index (χ3v) is 7.04. The van der Waals surface area contributed by atoms with Crippen LogP contribution >= 0.6 is 23.1 Å². The summed E-state index contributed by atoms with van der Waals surface area (Å²) in [5, 5.41) is 19.8. The second-order valence-corrected chi connectivity index (χ2v) is 9.14. The zero-order valence-electron chi connectivity index (χ0n) is 15.8. The molecule has 1 aromatic carbocycles. The highest BCUT2D eigenvalue weighted by Crippen LogP contribution is 2.35. The minimum atomic E-state index is -0.469. The van der Waals surface area contributed by atoms with Crippen molar-refractivity contribution in [2.45, 2.75) is 22.9 Å². The fraction of sp³-hybridized carbons (Fsp3) is 0.300. The van der Waals surface area contributed by atoms with E-state index < -0.39 is 5.91 Å². The lowest BCUT2D eigenvalue weighted by Gasteiger charge is -2.14. The van der Waals surface area contributed by atoms with Crippen molar-refractivity contribution >= 4 is 46.0 Å². The number of carbonyl (C=O) groups excluding carboxylic acids is 3. The Bertz CT molecular complexity index is 1030. The number of benzene rings is 1. The van der Waals surface area contributed by atoms with Gasteiger partial charge in [0, 0.05) is 5.75 Å². The number of rotatable bonds is 6. The summed E-state index contributed by atoms with van der Waals surface area (Å²) in [6, 6.07) is 9.36. The van der Waals surface area contributed by atoms with Gasteiger partial charge < -0.3 is 0 Å². The van der Waals surface area contributed by atoms with Gasteiger partial charge in [0.1, 0.15) is 6.54 Å². The first-order valence-electron chi connectivity index (χ1n) is 9.30. The Balaban J connectivity index is 1.30. The number of nitrogens with one attached hydrogen (secondary N) is 1. The lowest BCUT2D eigenvalue weighted by atomic mass is 9.85. The minimum absolute atomic E-state index is 0.277. The summed E-state index contributed by atoms with van der Waals surface area (Å²) in [7, 11) is 0. The van der Waals surface area contributed by atoms with E-state index >= 15 is 0 Å². The number of likely N-dealkylation sites (tertiary alicyclic amines) is 1. The third-order valence-electron chi connectivity index (χ3n) is 5.00. The average Bonchev–Trinajstić information content (AvgIpc) is 3.31. The molecule has 4 rings (SSSR count). The second-order valence-electron chi connectivity index (χ2n) is 6.94. The van der Waals surface area contributed by atoms with Crippen LogP contribution in [0.15, 0.2) is 40.8 Å². The highest BCUT2D eigenvalue weighted by atomic mass is 32.2. The Morgan fingerprint density at radius 1 is 1.17 bits per heavy atom. The number of fused-ring (bicyclic) bond motifs is 1. The van der Waals surface area contributed by atoms with Crippen LogP contribution in [0.1, 0.15) is 24.0 Å². The lowest BCUT2D eigenvalue weighted by molar-refractivity contribution is -0.142. The summed E-state index contributed by atoms with van der Waals surface area (Å²) in [6.45, 7) is -0.308. The van der Waals surface area contributed by atoms with Crippen LogP contribution < -0.4 is 5.32 Å². The third kappa shape index (κ3) is 4.27. The number of allylic oxidation sites excluding steroid dienone is 2. The molecule has 1 fully saturated rings. The SMILES string of the molecule is N#Cc1ccc(CSc2nnc(NC(=O)CN3C(=O)[C@H]4CC=CC[C@@H]4C3=O)s2)cc1. The monoisotopic (exact) mass is 439 g/mol. The van der Waals surface area contributed by atoms with E-state index in [-0.39, 0.29) is 30.2 Å². The molecule has 1 saturated heterocycles. The van der Waals surface area contributed by atoms with Gasteiger partial charge in [0.2, 0.25) is 22.9 Å². The summed E-state index contributed by atoms with van der Waals surface area (Å²) in [5.74, 6) is -1.06. The van der Waals surface area contributed by atoms with Crippen molar-refractivity contribution in [1.29, 1.82) is 5.26 Å². The Morgan fingerprint density at radius 3 is 2.47 bits per heavy atom. The minimum Gasteiger partial charge on any atom is -0.299 e. The van der Waals surface area contributed by atoms with Gasteiger partial charge in [0.15, 0.2) is 4.34 Å². The van der Waals surface area contributed by atoms with Crippen molar-refractivity contribution < 1.29 is 14.4 Å². The van der Waals surface area contributed by atoms with E-state index in [1.54, 1.807) is 12.1 Å². The number of anilines is 1. The summed E-state index contributed by atoms with van der Waals surface area (Å²) < 4.78 is 0.681. The first-order valence-corrected chi connectivity index (χ1v) is 11.1. The molecule has 1 aromatic heterocycles. The maximum absolute atomic E-state index is 12.4. The molecule has 8 nitrogen and oxygen atoms in total. The number of imide groups is 1. The molecule has 0 saturated carbocycles. The van der Waals surface area contributed by atoms with Gasteiger partial charge >= 0.3 is 0 Å². The Morgan fingerprint density at radius 2 is 1.83 bits per heavy atom. The molecule has 2 atom stereocenters. The molecular weight excluding hydrogens is 422 g/mol. The molecule has 0 unspecified atom stereocenters. The first-order chi connectivity index (χ1) is 14.5. The molecule has 0 radical (unpaired) electrons. The van der Waals surface area contributed by atoms with Crippen LogP contribution in [0.5, 0.6) is 0 Å². The standard InChI is InChI=1S/C20H17N5O3S2/c21-9-12-5-7-13(8-6-12)11-29-20-24-23-19(30-20)22-16(26)10-25-17(27)14-3-1-2-4-15(14)18(25)28/h1-2,5-8,14-15H,3-4,10-11H2,(H,22,23,26)/t14-,15-/m0/s1. The maximum Gasteiger partial charge on any atom is 0.246 e. The van der Waals surface area contributed by atoms with E-state index in [9.17, 15) is 14.4 Å². The molecule has 2 heterocycles. The highest BCUT2D eigenvalue weighted by molar-refractivity contribution is 8.00. The van der Waals surface area contributed by atoms with Crippen molar-refractivity contribution in [1.82, 2.24) is 15.1 Å². The van der Waals surface area contributed by atoms with Gasteiger partial charge in [-0.3, -0.25) is 24.6 Å². The van der Waals surface area contributed by atoms with E-state index in [1.807, 2.05) is 24.3 Å². The summed E-state index contributed by atoms with van der Waals surface area (Å²) >= 11 is 2.69. The Hall–Kier alpha value is -3.03. The second kappa shape index (κ2) is 8.77. The van der Waals surface area contributed by atoms with E-state index in [4.69, 9.17) is 5.26 Å². The number of amides is 3. The quantitative estimate of drug-likeness (QED) is 0.318. The van der Waals surface area contributed by atoms with Crippen molar-refractivity contribution in [2.24, 2.45) is 11.8 Å². The van der Waals surface area contributed by atoms with E-state index in [0.717, 1.165) is 10.5 Å². The zero-order chi connectivity index (χ0) is 21.1. The number of nitrogens with zero attached hydrogens (tertiary/aromatic N) is 4. The van der Waals surface area contributed by atoms with E-state index in [2.05, 4.69) is 21.6 Å². The van der Waals surface area contributed by atoms with Crippen LogP contribution in [0.3, 0.4) is 0 Å². The van der Waals surface area contributed by atoms with Gasteiger partial charge in [0.05, 0.1) is 23.5 Å². The molecule has 2 aliphatic rings. The van der Waals surface area contributed by atoms with Crippen molar-refractivity contribution in [2.75, 3.05) is 11.9 Å². The zero-order valence-corrected chi connectivity index (χ0v) is 17.4. The number of thioether (sulfide) groups is 1. The van der Waals surface area contributed by atoms with Gasteiger partial charge in [0.25, 0.3) is 0 Å². The predicted molar refractivity (Wildman–Crippen MR) is 111 cm³/mol. The molecule has 3 amide bonds. The fourth-order valence-corrected chi connectivity index (χ4v) is 5.19. The van der Waals surface area contributed by atoms with Crippen molar-refractivity contribution in [3.05, 3.63) is 47.5 Å². The predicted octanol–water partition coefficient (Wildman–Crippen LogP) is 2.59. The molecule has 0 bridgehead atoms. The number of hydrogen-bond acceptors (Lipinski definition) is 8. The largest absolute Gasteiger partial charge is 0.299 e. The molecule has 10 heteroatoms. The molecule has 0 spiro atoms. The lowest BCUT2D eigenvalue weighted by Crippen LogP contribution is -2.38. The molecule has 1 aliphatic carbocycles. The summed E-state index contributed by atoms with van der Waals surface area (Å²) in [4.78, 5) is 38.3. The molecule has 1 aliphatic heterocycles. The van der Waals surface area contributed by atoms with E-state index in [0.29, 0.717) is 33.6 Å². The fourth-order valence-electron chi connectivity index (χ4n) is 3.47. The van der Waals surface area contributed by atoms with Gasteiger partial charge in [-0.2, -0.15) is 5.26 Å². The van der Waals surface area contributed by atoms with Gasteiger partial charge in [-0.15, -0.1) is 10.2 Å². The van der Waals surface area contributed by atoms with Crippen LogP contribution in [0.2, 0.25) is 0 Å².